The molecule has 0 aromatic rings. The van der Waals surface area contributed by atoms with E-state index in [1.54, 1.807) is 6.42 Å². The molecule has 16 heavy (non-hydrogen) atoms. The third-order valence-electron chi connectivity index (χ3n) is 6.21. The fraction of sp³-hybridized carbons (Fsp3) is 1.00. The van der Waals surface area contributed by atoms with Crippen LogP contribution in [-0.2, 0) is 0 Å². The third kappa shape index (κ3) is 1.47. The van der Waals surface area contributed by atoms with Gasteiger partial charge in [0.15, 0.2) is 0 Å². The van der Waals surface area contributed by atoms with Gasteiger partial charge in [-0.05, 0) is 74.5 Å². The van der Waals surface area contributed by atoms with Crippen LogP contribution in [0.5, 0.6) is 0 Å². The lowest BCUT2D eigenvalue weighted by Gasteiger charge is -2.59. The van der Waals surface area contributed by atoms with E-state index in [2.05, 4.69) is 13.8 Å². The number of hydrogen-bond acceptors (Lipinski definition) is 1. The number of hydrogen-bond donors (Lipinski definition) is 1. The first kappa shape index (κ1) is 11.1. The van der Waals surface area contributed by atoms with Crippen molar-refractivity contribution in [2.75, 3.05) is 0 Å². The number of nitrogens with two attached hydrogens (primary N) is 1. The number of rotatable bonds is 3. The van der Waals surface area contributed by atoms with Crippen LogP contribution in [0.1, 0.15) is 58.8 Å². The van der Waals surface area contributed by atoms with E-state index in [0.29, 0.717) is 0 Å². The monoisotopic (exact) mass is 221 g/mol. The molecule has 4 rings (SSSR count). The van der Waals surface area contributed by atoms with Crippen molar-refractivity contribution in [2.45, 2.75) is 64.3 Å². The van der Waals surface area contributed by atoms with E-state index in [1.807, 2.05) is 0 Å². The van der Waals surface area contributed by atoms with Crippen LogP contribution >= 0.6 is 0 Å². The fourth-order valence-electron chi connectivity index (χ4n) is 5.59. The molecule has 0 radical (unpaired) electrons. The molecule has 0 aromatic heterocycles. The molecule has 4 saturated carbocycles. The van der Waals surface area contributed by atoms with Gasteiger partial charge in [-0.1, -0.05) is 13.8 Å². The highest BCUT2D eigenvalue weighted by Gasteiger charge is 2.53. The maximum atomic E-state index is 6.72. The minimum Gasteiger partial charge on any atom is -0.325 e. The molecule has 4 fully saturated rings. The van der Waals surface area contributed by atoms with Gasteiger partial charge in [0.2, 0.25) is 0 Å². The first-order valence-corrected chi connectivity index (χ1v) is 7.45. The lowest BCUT2D eigenvalue weighted by atomic mass is 9.48. The largest absolute Gasteiger partial charge is 0.325 e. The van der Waals surface area contributed by atoms with Gasteiger partial charge >= 0.3 is 0 Å². The van der Waals surface area contributed by atoms with Gasteiger partial charge in [-0.15, -0.1) is 0 Å². The highest BCUT2D eigenvalue weighted by atomic mass is 14.8. The van der Waals surface area contributed by atoms with Crippen LogP contribution in [0.4, 0.5) is 0 Å². The highest BCUT2D eigenvalue weighted by molar-refractivity contribution is 5.05. The van der Waals surface area contributed by atoms with Gasteiger partial charge in [-0.2, -0.15) is 0 Å². The van der Waals surface area contributed by atoms with Crippen molar-refractivity contribution in [1.29, 1.82) is 0 Å². The molecular weight excluding hydrogens is 194 g/mol. The quantitative estimate of drug-likeness (QED) is 0.774. The normalized spacial score (nSPS) is 46.3. The average Bonchev–Trinajstić information content (AvgIpc) is 2.27. The van der Waals surface area contributed by atoms with Crippen molar-refractivity contribution < 1.29 is 0 Å². The van der Waals surface area contributed by atoms with Crippen LogP contribution in [0.25, 0.3) is 0 Å². The zero-order valence-electron chi connectivity index (χ0n) is 10.9. The molecule has 92 valence electrons. The molecule has 0 atom stereocenters. The van der Waals surface area contributed by atoms with Crippen molar-refractivity contribution in [3.05, 3.63) is 0 Å². The molecule has 0 aliphatic heterocycles. The summed E-state index contributed by atoms with van der Waals surface area (Å²) in [7, 11) is 0. The molecule has 0 amide bonds. The maximum absolute atomic E-state index is 6.72. The summed E-state index contributed by atoms with van der Waals surface area (Å²) in [6.45, 7) is 4.60. The minimum absolute atomic E-state index is 0.155. The van der Waals surface area contributed by atoms with E-state index in [4.69, 9.17) is 5.73 Å². The molecule has 4 bridgehead atoms. The van der Waals surface area contributed by atoms with Crippen molar-refractivity contribution >= 4 is 0 Å². The lowest BCUT2D eigenvalue weighted by Crippen LogP contribution is -2.58. The lowest BCUT2D eigenvalue weighted by molar-refractivity contribution is -0.0715. The van der Waals surface area contributed by atoms with Gasteiger partial charge < -0.3 is 5.73 Å². The molecule has 0 aromatic carbocycles. The molecule has 0 saturated heterocycles. The summed E-state index contributed by atoms with van der Waals surface area (Å²) in [4.78, 5) is 0. The van der Waals surface area contributed by atoms with Crippen LogP contribution in [0.15, 0.2) is 0 Å². The van der Waals surface area contributed by atoms with Crippen molar-refractivity contribution in [3.8, 4) is 0 Å². The first-order valence-electron chi connectivity index (χ1n) is 7.45. The Labute approximate surface area is 100 Å². The molecule has 1 heteroatoms. The summed E-state index contributed by atoms with van der Waals surface area (Å²) in [6, 6.07) is 0. The minimum atomic E-state index is 0.155. The predicted molar refractivity (Wildman–Crippen MR) is 68.0 cm³/mol. The molecular formula is C15H27N. The van der Waals surface area contributed by atoms with E-state index in [9.17, 15) is 0 Å². The molecule has 2 N–H and O–H groups in total. The third-order valence-corrected chi connectivity index (χ3v) is 6.21. The van der Waals surface area contributed by atoms with Crippen molar-refractivity contribution in [3.63, 3.8) is 0 Å². The smallest absolute Gasteiger partial charge is 0.0182 e. The SMILES string of the molecule is CCC(N)(CC)C1C2CC3CC(C2)CC1C3. The van der Waals surface area contributed by atoms with Crippen LogP contribution in [0, 0.1) is 29.6 Å². The molecule has 1 nitrogen and oxygen atoms in total. The van der Waals surface area contributed by atoms with Crippen LogP contribution in [-0.4, -0.2) is 5.54 Å². The van der Waals surface area contributed by atoms with Gasteiger partial charge in [-0.25, -0.2) is 0 Å². The van der Waals surface area contributed by atoms with Gasteiger partial charge in [0, 0.05) is 5.54 Å². The molecule has 4 aliphatic carbocycles. The highest BCUT2D eigenvalue weighted by Crippen LogP contribution is 2.59. The summed E-state index contributed by atoms with van der Waals surface area (Å²) in [6.07, 6.45) is 9.95. The van der Waals surface area contributed by atoms with E-state index in [-0.39, 0.29) is 5.54 Å². The summed E-state index contributed by atoms with van der Waals surface area (Å²) in [5.41, 5.74) is 6.88. The van der Waals surface area contributed by atoms with Gasteiger partial charge in [-0.3, -0.25) is 0 Å². The maximum Gasteiger partial charge on any atom is 0.0182 e. The standard InChI is InChI=1S/C15H27N/c1-3-15(16,4-2)14-12-6-10-5-11(8-12)9-13(14)7-10/h10-14H,3-9,16H2,1-2H3. The average molecular weight is 221 g/mol. The summed E-state index contributed by atoms with van der Waals surface area (Å²) >= 11 is 0. The Morgan fingerprint density at radius 1 is 0.875 bits per heavy atom. The first-order chi connectivity index (χ1) is 7.66. The van der Waals surface area contributed by atoms with Gasteiger partial charge in [0.25, 0.3) is 0 Å². The Kier molecular flexibility index (Phi) is 2.58. The van der Waals surface area contributed by atoms with Gasteiger partial charge in [0.1, 0.15) is 0 Å². The fourth-order valence-corrected chi connectivity index (χ4v) is 5.59. The Bertz CT molecular complexity index is 239. The van der Waals surface area contributed by atoms with E-state index < -0.39 is 0 Å². The van der Waals surface area contributed by atoms with Crippen LogP contribution in [0.3, 0.4) is 0 Å². The Morgan fingerprint density at radius 3 is 1.69 bits per heavy atom. The molecule has 0 spiro atoms. The summed E-state index contributed by atoms with van der Waals surface area (Å²) < 4.78 is 0. The second-order valence-electron chi connectivity index (χ2n) is 6.90. The van der Waals surface area contributed by atoms with E-state index in [1.165, 1.54) is 38.5 Å². The summed E-state index contributed by atoms with van der Waals surface area (Å²) in [5, 5.41) is 0. The Balaban J connectivity index is 1.86. The second kappa shape index (κ2) is 3.73. The topological polar surface area (TPSA) is 26.0 Å². The van der Waals surface area contributed by atoms with Crippen LogP contribution < -0.4 is 5.73 Å². The zero-order valence-corrected chi connectivity index (χ0v) is 10.9. The summed E-state index contributed by atoms with van der Waals surface area (Å²) in [5.74, 6) is 4.99. The molecule has 4 aliphatic rings. The Morgan fingerprint density at radius 2 is 1.31 bits per heavy atom. The van der Waals surface area contributed by atoms with E-state index in [0.717, 1.165) is 29.6 Å². The predicted octanol–water partition coefficient (Wildman–Crippen LogP) is 3.58. The molecule has 0 unspecified atom stereocenters. The van der Waals surface area contributed by atoms with E-state index >= 15 is 0 Å². The molecule has 0 heterocycles. The van der Waals surface area contributed by atoms with Crippen molar-refractivity contribution in [2.24, 2.45) is 35.3 Å². The zero-order chi connectivity index (χ0) is 11.3. The second-order valence-corrected chi connectivity index (χ2v) is 6.90. The van der Waals surface area contributed by atoms with Gasteiger partial charge in [0.05, 0.1) is 0 Å². The Hall–Kier alpha value is -0.0400. The van der Waals surface area contributed by atoms with Crippen molar-refractivity contribution in [1.82, 2.24) is 0 Å². The van der Waals surface area contributed by atoms with Crippen LogP contribution in [0.2, 0.25) is 0 Å².